The van der Waals surface area contributed by atoms with Crippen LogP contribution in [0.3, 0.4) is 0 Å². The number of ether oxygens (including phenoxy) is 4. The van der Waals surface area contributed by atoms with Crippen molar-refractivity contribution in [2.24, 2.45) is 40.4 Å². The normalized spacial score (nSPS) is 22.0. The van der Waals surface area contributed by atoms with E-state index < -0.39 is 0 Å². The van der Waals surface area contributed by atoms with Crippen LogP contribution in [0, 0.1) is 40.4 Å². The highest BCUT2D eigenvalue weighted by Crippen LogP contribution is 2.35. The third-order valence-corrected chi connectivity index (χ3v) is 23.0. The third kappa shape index (κ3) is 56.5. The van der Waals surface area contributed by atoms with Crippen LogP contribution in [0.1, 0.15) is 386 Å². The Bertz CT molecular complexity index is 2050. The molecule has 0 radical (unpaired) electrons. The van der Waals surface area contributed by atoms with Gasteiger partial charge in [-0.15, -0.1) is 0 Å². The van der Waals surface area contributed by atoms with Crippen molar-refractivity contribution in [3.05, 3.63) is 0 Å². The SMILES string of the molecule is CC(=O)N1CCC(CCC(C)(C)C)CC1.CC(=O)N1CCC(OC(C)(C)C)CC1.CC(C)(C)N1CCCCC1.CCCC1CCC(CCC(C)C)CC1.CCCN1CCC(CCC(C)(C)C)CC1.CCCN1CCC(OC(C)(C)C)CC1.CCCN1CCC(OC(C)(C)C)CC1.CCCN1CCC(OC)CC1. The van der Waals surface area contributed by atoms with Crippen molar-refractivity contribution >= 4 is 11.8 Å². The van der Waals surface area contributed by atoms with E-state index in [1.807, 2.05) is 16.9 Å². The summed E-state index contributed by atoms with van der Waals surface area (Å²) in [7, 11) is 1.82. The molecule has 1 aliphatic carbocycles. The monoisotopic (exact) mass is 1510 g/mol. The van der Waals surface area contributed by atoms with E-state index in [9.17, 15) is 9.59 Å². The van der Waals surface area contributed by atoms with Crippen LogP contribution in [0.15, 0.2) is 0 Å². The minimum absolute atomic E-state index is 0.0254. The zero-order chi connectivity index (χ0) is 80.9. The summed E-state index contributed by atoms with van der Waals surface area (Å²) in [5, 5.41) is 0. The lowest BCUT2D eigenvalue weighted by molar-refractivity contribution is -0.134. The number of methoxy groups -OCH3 is 1. The molecule has 0 bridgehead atoms. The molecule has 2 amide bonds. The smallest absolute Gasteiger partial charge is 0.219 e. The van der Waals surface area contributed by atoms with Gasteiger partial charge in [-0.2, -0.15) is 0 Å². The standard InChI is InChI=1S/C14H29N.C14H28.C13H25NO.2C12H25NO.C11H21NO2.C9H19NO.C9H19N/c1-5-10-15-11-7-13(8-12-15)6-9-14(2,3)4;1-4-5-13-8-10-14(11-9-13)7-6-12(2)3;1-11(15)14-9-6-12(7-10-14)5-8-13(2,3)4;2*1-5-8-13-9-6-11(7-10-13)14-12(2,3)4;1-9(13)12-7-5-10(6-8-12)14-11(2,3)4;1-3-6-10-7-4-9(11-2)5-8-10;1-9(2,3)10-7-5-4-6-8-10/h13H,5-12H2,1-4H3;12-14H,4-11H2,1-3H3;12H,5-10H2,1-4H3;2*11H,5-10H2,1-4H3;10H,5-8H2,1-4H3;9H,3-8H2,1-2H3;4-8H2,1-3H3. The van der Waals surface area contributed by atoms with Crippen LogP contribution in [0.5, 0.6) is 0 Å². The first kappa shape index (κ1) is 104. The molecule has 0 aromatic heterocycles. The highest BCUT2D eigenvalue weighted by atomic mass is 16.5. The molecule has 13 nitrogen and oxygen atoms in total. The van der Waals surface area contributed by atoms with Gasteiger partial charge in [-0.3, -0.25) is 14.5 Å². The van der Waals surface area contributed by atoms with Crippen molar-refractivity contribution in [2.75, 3.05) is 125 Å². The summed E-state index contributed by atoms with van der Waals surface area (Å²) >= 11 is 0. The molecule has 1 saturated carbocycles. The van der Waals surface area contributed by atoms with Crippen LogP contribution in [0.25, 0.3) is 0 Å². The summed E-state index contributed by atoms with van der Waals surface area (Å²) < 4.78 is 23.1. The van der Waals surface area contributed by atoms with Gasteiger partial charge in [0.1, 0.15) is 0 Å². The highest BCUT2D eigenvalue weighted by molar-refractivity contribution is 5.73. The molecule has 638 valence electrons. The average Bonchev–Trinajstić information content (AvgIpc) is 0.900. The van der Waals surface area contributed by atoms with Crippen LogP contribution in [-0.4, -0.2) is 218 Å². The number of nitrogens with zero attached hydrogens (tertiary/aromatic N) is 7. The summed E-state index contributed by atoms with van der Waals surface area (Å²) in [6.07, 6.45) is 43.1. The van der Waals surface area contributed by atoms with Crippen LogP contribution in [0.2, 0.25) is 0 Å². The van der Waals surface area contributed by atoms with Crippen molar-refractivity contribution in [1.82, 2.24) is 34.3 Å². The Morgan fingerprint density at radius 3 is 0.860 bits per heavy atom. The number of hydrogen-bond acceptors (Lipinski definition) is 11. The van der Waals surface area contributed by atoms with Gasteiger partial charge in [-0.05, 0) is 317 Å². The van der Waals surface area contributed by atoms with Gasteiger partial charge in [-0.25, -0.2) is 0 Å². The molecular weight excluding hydrogens is 1320 g/mol. The topological polar surface area (TPSA) is 93.7 Å². The number of carbonyl (C=O) groups is 2. The van der Waals surface area contributed by atoms with E-state index in [1.54, 1.807) is 13.8 Å². The molecule has 8 fully saturated rings. The molecular formula is C94H191N7O6. The molecule has 7 aliphatic heterocycles. The summed E-state index contributed by atoms with van der Waals surface area (Å²) in [6.45, 7) is 80.7. The Morgan fingerprint density at radius 2 is 0.607 bits per heavy atom. The second-order valence-corrected chi connectivity index (χ2v) is 41.1. The molecule has 0 unspecified atom stereocenters. The number of rotatable bonds is 21. The van der Waals surface area contributed by atoms with Crippen LogP contribution in [-0.2, 0) is 28.5 Å². The van der Waals surface area contributed by atoms with Gasteiger partial charge < -0.3 is 48.3 Å². The quantitative estimate of drug-likeness (QED) is 0.110. The molecule has 0 aromatic carbocycles. The lowest BCUT2D eigenvalue weighted by Gasteiger charge is -2.38. The van der Waals surface area contributed by atoms with E-state index in [1.165, 1.54) is 278 Å². The maximum Gasteiger partial charge on any atom is 0.219 e. The van der Waals surface area contributed by atoms with Gasteiger partial charge in [0, 0.05) is 91.9 Å². The van der Waals surface area contributed by atoms with Crippen molar-refractivity contribution in [2.45, 2.75) is 433 Å². The lowest BCUT2D eigenvalue weighted by atomic mass is 9.78. The first-order valence-corrected chi connectivity index (χ1v) is 45.7. The number of carbonyl (C=O) groups excluding carboxylic acids is 2. The predicted octanol–water partition coefficient (Wildman–Crippen LogP) is 23.0. The van der Waals surface area contributed by atoms with E-state index in [2.05, 4.69) is 198 Å². The van der Waals surface area contributed by atoms with Crippen LogP contribution in [0.4, 0.5) is 0 Å². The summed E-state index contributed by atoms with van der Waals surface area (Å²) in [5.74, 6) is 5.34. The van der Waals surface area contributed by atoms with Crippen LogP contribution >= 0.6 is 0 Å². The first-order chi connectivity index (χ1) is 50.0. The molecule has 7 heterocycles. The van der Waals surface area contributed by atoms with Crippen molar-refractivity contribution in [1.29, 1.82) is 0 Å². The fraction of sp³-hybridized carbons (Fsp3) is 0.979. The molecule has 8 aliphatic rings. The summed E-state index contributed by atoms with van der Waals surface area (Å²) in [6, 6.07) is 0. The summed E-state index contributed by atoms with van der Waals surface area (Å²) in [5.41, 5.74) is 1.37. The fourth-order valence-electron chi connectivity index (χ4n) is 16.6. The third-order valence-electron chi connectivity index (χ3n) is 23.0. The molecule has 107 heavy (non-hydrogen) atoms. The maximum absolute atomic E-state index is 11.1. The predicted molar refractivity (Wildman–Crippen MR) is 465 cm³/mol. The van der Waals surface area contributed by atoms with E-state index in [0.717, 1.165) is 68.6 Å². The summed E-state index contributed by atoms with van der Waals surface area (Å²) in [4.78, 5) is 38.9. The van der Waals surface area contributed by atoms with E-state index in [0.29, 0.717) is 40.8 Å². The zero-order valence-electron chi connectivity index (χ0n) is 77.4. The second-order valence-electron chi connectivity index (χ2n) is 41.1. The molecule has 0 atom stereocenters. The van der Waals surface area contributed by atoms with Crippen LogP contribution < -0.4 is 0 Å². The first-order valence-electron chi connectivity index (χ1n) is 45.7. The van der Waals surface area contributed by atoms with E-state index in [4.69, 9.17) is 18.9 Å². The lowest BCUT2D eigenvalue weighted by Crippen LogP contribution is -2.44. The second kappa shape index (κ2) is 56.0. The van der Waals surface area contributed by atoms with Crippen molar-refractivity contribution < 1.29 is 28.5 Å². The van der Waals surface area contributed by atoms with E-state index >= 15 is 0 Å². The highest BCUT2D eigenvalue weighted by Gasteiger charge is 2.30. The minimum atomic E-state index is -0.0664. The average molecular weight is 1520 g/mol. The zero-order valence-corrected chi connectivity index (χ0v) is 77.4. The molecule has 13 heteroatoms. The maximum atomic E-state index is 11.1. The van der Waals surface area contributed by atoms with Gasteiger partial charge in [0.05, 0.1) is 41.2 Å². The Labute approximate surface area is 669 Å². The largest absolute Gasteiger partial charge is 0.381 e. The fourth-order valence-corrected chi connectivity index (χ4v) is 16.6. The number of likely N-dealkylation sites (tertiary alicyclic amines) is 7. The molecule has 8 rings (SSSR count). The minimum Gasteiger partial charge on any atom is -0.381 e. The van der Waals surface area contributed by atoms with Gasteiger partial charge in [0.25, 0.3) is 0 Å². The van der Waals surface area contributed by atoms with Gasteiger partial charge >= 0.3 is 0 Å². The van der Waals surface area contributed by atoms with Crippen molar-refractivity contribution in [3.63, 3.8) is 0 Å². The Balaban J connectivity index is 0.000000613. The van der Waals surface area contributed by atoms with Gasteiger partial charge in [0.2, 0.25) is 11.8 Å². The Morgan fingerprint density at radius 1 is 0.336 bits per heavy atom. The molecule has 0 aromatic rings. The van der Waals surface area contributed by atoms with Gasteiger partial charge in [-0.1, -0.05) is 148 Å². The van der Waals surface area contributed by atoms with Crippen molar-refractivity contribution in [3.8, 4) is 0 Å². The molecule has 0 spiro atoms. The Kier molecular flexibility index (Phi) is 54.2. The number of amides is 2. The number of hydrogen-bond donors (Lipinski definition) is 0. The van der Waals surface area contributed by atoms with Gasteiger partial charge in [0.15, 0.2) is 0 Å². The Hall–Kier alpha value is -1.42. The molecule has 0 N–H and O–H groups in total. The number of piperidine rings is 7. The molecule has 7 saturated heterocycles. The van der Waals surface area contributed by atoms with E-state index in [-0.39, 0.29) is 28.6 Å².